The van der Waals surface area contributed by atoms with Crippen molar-refractivity contribution in [3.63, 3.8) is 0 Å². The zero-order valence-electron chi connectivity index (χ0n) is 16.9. The first kappa shape index (κ1) is 18.8. The molecule has 2 aromatic heterocycles. The lowest BCUT2D eigenvalue weighted by atomic mass is 9.98. The van der Waals surface area contributed by atoms with Crippen LogP contribution < -0.4 is 5.32 Å². The third-order valence-corrected chi connectivity index (χ3v) is 5.18. The third-order valence-electron chi connectivity index (χ3n) is 5.18. The van der Waals surface area contributed by atoms with E-state index >= 15 is 0 Å². The minimum Gasteiger partial charge on any atom is -0.462 e. The van der Waals surface area contributed by atoms with Gasteiger partial charge in [-0.2, -0.15) is 0 Å². The first-order valence-electron chi connectivity index (χ1n) is 10.1. The van der Waals surface area contributed by atoms with Crippen molar-refractivity contribution in [1.29, 1.82) is 0 Å². The summed E-state index contributed by atoms with van der Waals surface area (Å²) in [5.41, 5.74) is 5.08. The van der Waals surface area contributed by atoms with Crippen LogP contribution in [0.5, 0.6) is 0 Å². The zero-order valence-corrected chi connectivity index (χ0v) is 16.9. The van der Waals surface area contributed by atoms with Gasteiger partial charge in [0.2, 0.25) is 0 Å². The summed E-state index contributed by atoms with van der Waals surface area (Å²) in [6.45, 7) is 2.13. The van der Waals surface area contributed by atoms with E-state index in [2.05, 4.69) is 26.3 Å². The molecular weight excluding hydrogens is 388 g/mol. The number of hydrogen-bond acceptors (Lipinski definition) is 5. The highest BCUT2D eigenvalue weighted by Crippen LogP contribution is 2.31. The Balaban J connectivity index is 1.58. The van der Waals surface area contributed by atoms with Gasteiger partial charge in [0.1, 0.15) is 12.1 Å². The van der Waals surface area contributed by atoms with E-state index in [0.717, 1.165) is 38.6 Å². The zero-order chi connectivity index (χ0) is 21.2. The number of aromatic amines is 1. The summed E-state index contributed by atoms with van der Waals surface area (Å²) in [6, 6.07) is 21.5. The van der Waals surface area contributed by atoms with Crippen molar-refractivity contribution in [2.45, 2.75) is 6.92 Å². The number of H-pyrrole nitrogens is 1. The van der Waals surface area contributed by atoms with Crippen LogP contribution in [0.4, 0.5) is 11.5 Å². The summed E-state index contributed by atoms with van der Waals surface area (Å²) in [6.07, 6.45) is 3.47. The van der Waals surface area contributed by atoms with Gasteiger partial charge in [-0.25, -0.2) is 14.8 Å². The van der Waals surface area contributed by atoms with E-state index in [9.17, 15) is 4.79 Å². The monoisotopic (exact) mass is 408 g/mol. The number of carbonyl (C=O) groups excluding carboxylic acids is 1. The number of nitrogens with zero attached hydrogens (tertiary/aromatic N) is 2. The SMILES string of the molecule is CCOC(=O)c1ccccc1-c1ccc2ncnc(Nc3ccc4[nH]ccc4c3)c2c1. The fourth-order valence-corrected chi connectivity index (χ4v) is 3.71. The van der Waals surface area contributed by atoms with Crippen LogP contribution in [0.15, 0.2) is 79.3 Å². The van der Waals surface area contributed by atoms with E-state index in [4.69, 9.17) is 4.74 Å². The molecule has 31 heavy (non-hydrogen) atoms. The number of benzene rings is 3. The van der Waals surface area contributed by atoms with Crippen molar-refractivity contribution in [3.05, 3.63) is 84.8 Å². The maximum Gasteiger partial charge on any atom is 0.338 e. The second-order valence-electron chi connectivity index (χ2n) is 7.12. The molecule has 0 unspecified atom stereocenters. The molecule has 5 rings (SSSR count). The molecule has 152 valence electrons. The highest BCUT2D eigenvalue weighted by atomic mass is 16.5. The van der Waals surface area contributed by atoms with Crippen molar-refractivity contribution < 1.29 is 9.53 Å². The lowest BCUT2D eigenvalue weighted by molar-refractivity contribution is 0.0527. The van der Waals surface area contributed by atoms with Crippen LogP contribution in [-0.2, 0) is 4.74 Å². The lowest BCUT2D eigenvalue weighted by Gasteiger charge is -2.12. The molecule has 0 fully saturated rings. The fraction of sp³-hybridized carbons (Fsp3) is 0.0800. The average Bonchev–Trinajstić information content (AvgIpc) is 3.27. The highest BCUT2D eigenvalue weighted by molar-refractivity contribution is 6.00. The minimum absolute atomic E-state index is 0.332. The van der Waals surface area contributed by atoms with E-state index in [1.165, 1.54) is 0 Å². The van der Waals surface area contributed by atoms with Crippen molar-refractivity contribution in [1.82, 2.24) is 15.0 Å². The predicted molar refractivity (Wildman–Crippen MR) is 123 cm³/mol. The molecule has 5 aromatic rings. The molecule has 0 bridgehead atoms. The number of aromatic nitrogens is 3. The number of rotatable bonds is 5. The number of hydrogen-bond donors (Lipinski definition) is 2. The maximum absolute atomic E-state index is 12.4. The molecule has 0 radical (unpaired) electrons. The Morgan fingerprint density at radius 3 is 2.84 bits per heavy atom. The molecule has 2 N–H and O–H groups in total. The second-order valence-corrected chi connectivity index (χ2v) is 7.12. The topological polar surface area (TPSA) is 79.9 Å². The molecule has 0 aliphatic rings. The molecule has 3 aromatic carbocycles. The van der Waals surface area contributed by atoms with Crippen molar-refractivity contribution in [2.75, 3.05) is 11.9 Å². The van der Waals surface area contributed by atoms with E-state index in [-0.39, 0.29) is 5.97 Å². The number of fused-ring (bicyclic) bond motifs is 2. The average molecular weight is 408 g/mol. The standard InChI is InChI=1S/C25H20N4O2/c1-2-31-25(30)20-6-4-3-5-19(20)16-7-9-23-21(14-16)24(28-15-27-23)29-18-8-10-22-17(13-18)11-12-26-22/h3-15,26H,2H2,1H3,(H,27,28,29). The van der Waals surface area contributed by atoms with Gasteiger partial charge in [0, 0.05) is 28.2 Å². The molecule has 6 nitrogen and oxygen atoms in total. The molecule has 0 atom stereocenters. The summed E-state index contributed by atoms with van der Waals surface area (Å²) in [5.74, 6) is 0.371. The van der Waals surface area contributed by atoms with Crippen LogP contribution in [-0.4, -0.2) is 27.5 Å². The fourth-order valence-electron chi connectivity index (χ4n) is 3.71. The van der Waals surface area contributed by atoms with Gasteiger partial charge >= 0.3 is 5.97 Å². The number of anilines is 2. The first-order valence-corrected chi connectivity index (χ1v) is 10.1. The lowest BCUT2D eigenvalue weighted by Crippen LogP contribution is -2.06. The Morgan fingerprint density at radius 2 is 1.94 bits per heavy atom. The van der Waals surface area contributed by atoms with Crippen LogP contribution >= 0.6 is 0 Å². The Hall–Kier alpha value is -4.19. The van der Waals surface area contributed by atoms with Gasteiger partial charge in [-0.15, -0.1) is 0 Å². The van der Waals surface area contributed by atoms with Crippen molar-refractivity contribution in [2.24, 2.45) is 0 Å². The quantitative estimate of drug-likeness (QED) is 0.365. The van der Waals surface area contributed by atoms with E-state index in [1.807, 2.05) is 60.8 Å². The Morgan fingerprint density at radius 1 is 1.03 bits per heavy atom. The van der Waals surface area contributed by atoms with Gasteiger partial charge in [-0.05, 0) is 60.5 Å². The Kier molecular flexibility index (Phi) is 4.80. The van der Waals surface area contributed by atoms with Crippen LogP contribution in [0.3, 0.4) is 0 Å². The number of carbonyl (C=O) groups is 1. The van der Waals surface area contributed by atoms with Crippen LogP contribution in [0.2, 0.25) is 0 Å². The number of nitrogens with one attached hydrogen (secondary N) is 2. The maximum atomic E-state index is 12.4. The summed E-state index contributed by atoms with van der Waals surface area (Å²) in [5, 5.41) is 5.39. The van der Waals surface area contributed by atoms with Crippen LogP contribution in [0.25, 0.3) is 32.9 Å². The molecule has 2 heterocycles. The largest absolute Gasteiger partial charge is 0.462 e. The summed E-state index contributed by atoms with van der Waals surface area (Å²) in [7, 11) is 0. The van der Waals surface area contributed by atoms with Crippen molar-refractivity contribution >= 4 is 39.3 Å². The Labute approximate surface area is 178 Å². The molecular formula is C25H20N4O2. The third kappa shape index (κ3) is 3.59. The molecule has 6 heteroatoms. The van der Waals surface area contributed by atoms with E-state index in [0.29, 0.717) is 18.0 Å². The molecule has 0 amide bonds. The predicted octanol–water partition coefficient (Wildman–Crippen LogP) is 5.70. The molecule has 0 saturated carbocycles. The molecule has 0 spiro atoms. The normalized spacial score (nSPS) is 11.0. The molecule has 0 aliphatic carbocycles. The van der Waals surface area contributed by atoms with Gasteiger partial charge in [0.05, 0.1) is 17.7 Å². The van der Waals surface area contributed by atoms with E-state index in [1.54, 1.807) is 19.3 Å². The van der Waals surface area contributed by atoms with Crippen LogP contribution in [0, 0.1) is 0 Å². The summed E-state index contributed by atoms with van der Waals surface area (Å²) in [4.78, 5) is 24.5. The number of esters is 1. The first-order chi connectivity index (χ1) is 15.2. The minimum atomic E-state index is -0.333. The van der Waals surface area contributed by atoms with Crippen LogP contribution in [0.1, 0.15) is 17.3 Å². The van der Waals surface area contributed by atoms with Gasteiger partial charge in [-0.1, -0.05) is 24.3 Å². The summed E-state index contributed by atoms with van der Waals surface area (Å²) >= 11 is 0. The van der Waals surface area contributed by atoms with Gasteiger partial charge in [0.25, 0.3) is 0 Å². The Bertz CT molecular complexity index is 1410. The van der Waals surface area contributed by atoms with Gasteiger partial charge < -0.3 is 15.0 Å². The number of ether oxygens (including phenoxy) is 1. The van der Waals surface area contributed by atoms with E-state index < -0.39 is 0 Å². The smallest absolute Gasteiger partial charge is 0.338 e. The van der Waals surface area contributed by atoms with Gasteiger partial charge in [-0.3, -0.25) is 0 Å². The van der Waals surface area contributed by atoms with Gasteiger partial charge in [0.15, 0.2) is 0 Å². The van der Waals surface area contributed by atoms with Crippen molar-refractivity contribution in [3.8, 4) is 11.1 Å². The molecule has 0 aliphatic heterocycles. The molecule has 0 saturated heterocycles. The highest BCUT2D eigenvalue weighted by Gasteiger charge is 2.14. The second kappa shape index (κ2) is 7.91. The summed E-state index contributed by atoms with van der Waals surface area (Å²) < 4.78 is 5.23.